The van der Waals surface area contributed by atoms with Gasteiger partial charge < -0.3 is 25.2 Å². The molecule has 0 N–H and O–H groups in total. The van der Waals surface area contributed by atoms with E-state index in [2.05, 4.69) is 24.5 Å². The van der Waals surface area contributed by atoms with E-state index in [0.29, 0.717) is 0 Å². The van der Waals surface area contributed by atoms with E-state index in [1.165, 1.54) is 5.56 Å². The van der Waals surface area contributed by atoms with Gasteiger partial charge >= 0.3 is 0 Å². The molecule has 1 rings (SSSR count). The number of benzene rings is 1. The van der Waals surface area contributed by atoms with Crippen molar-refractivity contribution in [2.24, 2.45) is 0 Å². The predicted molar refractivity (Wildman–Crippen MR) is 72.0 cm³/mol. The predicted octanol–water partition coefficient (Wildman–Crippen LogP) is 4.23. The summed E-state index contributed by atoms with van der Waals surface area (Å²) < 4.78 is 0. The van der Waals surface area contributed by atoms with Crippen molar-refractivity contribution in [1.29, 1.82) is 0 Å². The minimum Gasteiger partial charge on any atom is -0.534 e. The van der Waals surface area contributed by atoms with Crippen LogP contribution in [0, 0.1) is 14.9 Å². The third-order valence-electron chi connectivity index (χ3n) is 2.16. The topological polar surface area (TPSA) is 23.3 Å². The van der Waals surface area contributed by atoms with Crippen LogP contribution >= 0.6 is 0 Å². The van der Waals surface area contributed by atoms with E-state index in [9.17, 15) is 0 Å². The molecule has 0 aliphatic carbocycles. The molecule has 0 aromatic heterocycles. The Balaban J connectivity index is -0.000000245. The van der Waals surface area contributed by atoms with Crippen LogP contribution in [0.5, 0.6) is 0 Å². The first-order chi connectivity index (χ1) is 6.83. The van der Waals surface area contributed by atoms with Crippen molar-refractivity contribution in [3.8, 4) is 0 Å². The van der Waals surface area contributed by atoms with E-state index in [-0.39, 0.29) is 86.4 Å². The van der Waals surface area contributed by atoms with Gasteiger partial charge in [-0.25, -0.2) is 0 Å². The maximum Gasteiger partial charge on any atom is 0.0329 e. The van der Waals surface area contributed by atoms with Crippen LogP contribution in [0.1, 0.15) is 25.8 Å². The van der Waals surface area contributed by atoms with Gasteiger partial charge in [-0.1, -0.05) is 37.3 Å². The van der Waals surface area contributed by atoms with Gasteiger partial charge in [-0.3, -0.25) is 0 Å². The van der Waals surface area contributed by atoms with E-state index >= 15 is 0 Å². The summed E-state index contributed by atoms with van der Waals surface area (Å²) in [5.41, 5.74) is 5.35. The number of hydrogen-bond donors (Lipinski definition) is 0. The van der Waals surface area contributed by atoms with Gasteiger partial charge in [0.05, 0.1) is 0 Å². The minimum atomic E-state index is 0. The number of hydroxylamine groups is 1. The molecule has 1 aromatic rings. The second-order valence-electron chi connectivity index (χ2n) is 3.41. The van der Waals surface area contributed by atoms with Gasteiger partial charge in [-0.15, -0.1) is 6.54 Å². The van der Waals surface area contributed by atoms with E-state index in [0.717, 1.165) is 19.4 Å². The zero-order valence-electron chi connectivity index (χ0n) is 12.1. The Labute approximate surface area is 164 Å². The molecule has 0 saturated carbocycles. The zero-order valence-corrected chi connectivity index (χ0v) is 17.8. The summed E-state index contributed by atoms with van der Waals surface area (Å²) in [5.74, 6) is 0. The average Bonchev–Trinajstić information content (AvgIpc) is 2.25. The fraction of sp³-hybridized carbons (Fsp3) is 0.429. The Morgan fingerprint density at radius 2 is 1.67 bits per heavy atom. The molecular formula is C14H24NOY2-3. The average molecular weight is 400 g/mol. The van der Waals surface area contributed by atoms with Crippen LogP contribution in [0.15, 0.2) is 30.3 Å². The van der Waals surface area contributed by atoms with Gasteiger partial charge in [0.25, 0.3) is 0 Å². The summed E-state index contributed by atoms with van der Waals surface area (Å²) in [6.07, 6.45) is 2.21. The zero-order chi connectivity index (χ0) is 10.2. The molecule has 0 aliphatic heterocycles. The van der Waals surface area contributed by atoms with Crippen LogP contribution < -0.4 is 0 Å². The Morgan fingerprint density at radius 1 is 1.11 bits per heavy atom. The molecule has 0 spiro atoms. The molecule has 0 heterocycles. The van der Waals surface area contributed by atoms with Crippen molar-refractivity contribution < 1.29 is 70.3 Å². The van der Waals surface area contributed by atoms with Crippen molar-refractivity contribution in [1.82, 2.24) is 0 Å². The fourth-order valence-electron chi connectivity index (χ4n) is 1.07. The first kappa shape index (κ1) is 27.7. The first-order valence-electron chi connectivity index (χ1n) is 5.19. The molecule has 0 saturated heterocycles. The smallest absolute Gasteiger partial charge is 0.0329 e. The van der Waals surface area contributed by atoms with Crippen LogP contribution in [-0.2, 0) is 76.7 Å². The molecule has 0 bridgehead atoms. The fourth-order valence-corrected chi connectivity index (χ4v) is 1.07. The van der Waals surface area contributed by atoms with Crippen molar-refractivity contribution in [3.63, 3.8) is 0 Å². The van der Waals surface area contributed by atoms with Crippen molar-refractivity contribution in [2.75, 3.05) is 6.54 Å². The molecule has 0 fully saturated rings. The van der Waals surface area contributed by atoms with E-state index in [4.69, 9.17) is 4.84 Å². The number of hydrogen-bond acceptors (Lipinski definition) is 1. The molecule has 0 amide bonds. The molecule has 0 aliphatic rings. The van der Waals surface area contributed by atoms with E-state index in [1.807, 2.05) is 25.1 Å². The minimum absolute atomic E-state index is 0. The molecule has 100 valence electrons. The van der Waals surface area contributed by atoms with Crippen LogP contribution in [0.3, 0.4) is 0 Å². The molecular weight excluding hydrogens is 376 g/mol. The van der Waals surface area contributed by atoms with Crippen LogP contribution in [-0.4, -0.2) is 12.6 Å². The van der Waals surface area contributed by atoms with Crippen molar-refractivity contribution in [3.05, 3.63) is 56.2 Å². The number of rotatable bonds is 6. The molecule has 1 unspecified atom stereocenters. The normalized spacial score (nSPS) is 9.89. The number of nitrogens with zero attached hydrogens (tertiary/aromatic N) is 1. The quantitative estimate of drug-likeness (QED) is 0.398. The Kier molecular flexibility index (Phi) is 28.2. The monoisotopic (exact) mass is 400 g/mol. The Hall–Kier alpha value is 1.35. The molecule has 4 heteroatoms. The van der Waals surface area contributed by atoms with Crippen LogP contribution in [0.25, 0.3) is 5.48 Å². The summed E-state index contributed by atoms with van der Waals surface area (Å²) in [6, 6.07) is 10.3. The maximum absolute atomic E-state index is 5.24. The van der Waals surface area contributed by atoms with E-state index in [1.54, 1.807) is 0 Å². The SMILES string of the molecule is CCC(C)O[N-]CCc1ccccc1.[CH3-].[CH3-].[Y].[Y]. The van der Waals surface area contributed by atoms with Gasteiger partial charge in [0.2, 0.25) is 0 Å². The standard InChI is InChI=1S/C12H18NO.2CH3.2Y/c1-3-11(2)14-13-10-9-12-7-5-4-6-8-12;;;;/h4-8,11H,3,9-10H2,1-2H3;2*1H3;;/q3*-1;;. The third-order valence-corrected chi connectivity index (χ3v) is 2.16. The molecule has 1 atom stereocenters. The van der Waals surface area contributed by atoms with E-state index < -0.39 is 0 Å². The summed E-state index contributed by atoms with van der Waals surface area (Å²) in [7, 11) is 0. The first-order valence-corrected chi connectivity index (χ1v) is 5.19. The molecule has 1 aromatic carbocycles. The molecule has 2 nitrogen and oxygen atoms in total. The van der Waals surface area contributed by atoms with Crippen LogP contribution in [0.2, 0.25) is 0 Å². The summed E-state index contributed by atoms with van der Waals surface area (Å²) in [6.45, 7) is 4.87. The second-order valence-corrected chi connectivity index (χ2v) is 3.41. The maximum atomic E-state index is 5.24. The van der Waals surface area contributed by atoms with Gasteiger partial charge in [-0.05, 0) is 25.3 Å². The largest absolute Gasteiger partial charge is 0.534 e. The molecule has 2 radical (unpaired) electrons. The van der Waals surface area contributed by atoms with Gasteiger partial charge in [0.15, 0.2) is 0 Å². The Bertz CT molecular complexity index is 245. The third kappa shape index (κ3) is 13.8. The van der Waals surface area contributed by atoms with Crippen molar-refractivity contribution in [2.45, 2.75) is 32.8 Å². The van der Waals surface area contributed by atoms with Gasteiger partial charge in [0.1, 0.15) is 0 Å². The Morgan fingerprint density at radius 3 is 2.17 bits per heavy atom. The molecule has 18 heavy (non-hydrogen) atoms. The summed E-state index contributed by atoms with van der Waals surface area (Å²) >= 11 is 0. The summed E-state index contributed by atoms with van der Waals surface area (Å²) in [4.78, 5) is 5.24. The van der Waals surface area contributed by atoms with Gasteiger partial charge in [0, 0.05) is 71.5 Å². The van der Waals surface area contributed by atoms with Gasteiger partial charge in [-0.2, -0.15) is 0 Å². The second kappa shape index (κ2) is 18.3. The summed E-state index contributed by atoms with van der Waals surface area (Å²) in [5, 5.41) is 0. The van der Waals surface area contributed by atoms with Crippen molar-refractivity contribution >= 4 is 0 Å². The van der Waals surface area contributed by atoms with Crippen LogP contribution in [0.4, 0.5) is 0 Å².